The van der Waals surface area contributed by atoms with Gasteiger partial charge in [0.25, 0.3) is 0 Å². The minimum Gasteiger partial charge on any atom is -0.494 e. The van der Waals surface area contributed by atoms with E-state index in [9.17, 15) is 4.79 Å². The molecule has 0 saturated carbocycles. The smallest absolute Gasteiger partial charge is 0.228 e. The van der Waals surface area contributed by atoms with E-state index in [4.69, 9.17) is 22.1 Å². The first-order valence-corrected chi connectivity index (χ1v) is 5.72. The highest BCUT2D eigenvalue weighted by molar-refractivity contribution is 6.31. The average molecular weight is 257 g/mol. The maximum atomic E-state index is 11.7. The molecule has 0 spiro atoms. The van der Waals surface area contributed by atoms with Crippen LogP contribution in [-0.4, -0.2) is 19.6 Å². The minimum absolute atomic E-state index is 0.146. The maximum Gasteiger partial charge on any atom is 0.228 e. The quantitative estimate of drug-likeness (QED) is 0.868. The Morgan fingerprint density at radius 1 is 1.59 bits per heavy atom. The topological polar surface area (TPSA) is 64.3 Å². The summed E-state index contributed by atoms with van der Waals surface area (Å²) in [5.74, 6) is 0.221. The van der Waals surface area contributed by atoms with E-state index in [1.54, 1.807) is 26.2 Å². The second-order valence-electron chi connectivity index (χ2n) is 3.93. The number of rotatable bonds is 4. The lowest BCUT2D eigenvalue weighted by Crippen LogP contribution is -2.26. The summed E-state index contributed by atoms with van der Waals surface area (Å²) in [7, 11) is 1.55. The van der Waals surface area contributed by atoms with Gasteiger partial charge in [-0.1, -0.05) is 18.5 Å². The van der Waals surface area contributed by atoms with Crippen molar-refractivity contribution >= 4 is 23.2 Å². The number of anilines is 1. The van der Waals surface area contributed by atoms with Gasteiger partial charge in [0, 0.05) is 17.5 Å². The van der Waals surface area contributed by atoms with Crippen LogP contribution in [0.2, 0.25) is 5.02 Å². The van der Waals surface area contributed by atoms with Crippen LogP contribution in [0.25, 0.3) is 0 Å². The molecule has 0 bridgehead atoms. The van der Waals surface area contributed by atoms with Gasteiger partial charge in [-0.05, 0) is 24.6 Å². The fourth-order valence-electron chi connectivity index (χ4n) is 1.46. The molecule has 1 aromatic rings. The van der Waals surface area contributed by atoms with E-state index >= 15 is 0 Å². The molecule has 1 rings (SSSR count). The summed E-state index contributed by atoms with van der Waals surface area (Å²) in [6, 6.07) is 3.44. The second kappa shape index (κ2) is 5.89. The molecule has 3 N–H and O–H groups in total. The molecule has 1 amide bonds. The number of nitrogens with one attached hydrogen (secondary N) is 1. The molecular weight excluding hydrogens is 240 g/mol. The molecule has 0 aromatic heterocycles. The molecule has 0 aliphatic carbocycles. The average Bonchev–Trinajstić information content (AvgIpc) is 2.27. The lowest BCUT2D eigenvalue weighted by Gasteiger charge is -2.15. The van der Waals surface area contributed by atoms with Crippen LogP contribution in [0.3, 0.4) is 0 Å². The Bertz CT molecular complexity index is 421. The molecule has 0 fully saturated rings. The molecule has 94 valence electrons. The fraction of sp³-hybridized carbons (Fsp3) is 0.417. The molecule has 0 saturated heterocycles. The predicted octanol–water partition coefficient (Wildman–Crippen LogP) is 2.19. The van der Waals surface area contributed by atoms with Crippen LogP contribution in [-0.2, 0) is 4.79 Å². The van der Waals surface area contributed by atoms with Crippen molar-refractivity contribution in [2.45, 2.75) is 13.8 Å². The zero-order valence-electron chi connectivity index (χ0n) is 10.2. The molecule has 1 unspecified atom stereocenters. The normalized spacial score (nSPS) is 12.1. The first-order valence-electron chi connectivity index (χ1n) is 5.34. The van der Waals surface area contributed by atoms with Crippen molar-refractivity contribution < 1.29 is 9.53 Å². The van der Waals surface area contributed by atoms with Crippen LogP contribution >= 0.6 is 11.6 Å². The number of hydrogen-bond donors (Lipinski definition) is 2. The van der Waals surface area contributed by atoms with Gasteiger partial charge in [-0.2, -0.15) is 0 Å². The Labute approximate surface area is 106 Å². The number of amides is 1. The van der Waals surface area contributed by atoms with Crippen LogP contribution in [0.1, 0.15) is 12.5 Å². The lowest BCUT2D eigenvalue weighted by atomic mass is 10.1. The molecule has 17 heavy (non-hydrogen) atoms. The third-order valence-corrected chi connectivity index (χ3v) is 2.72. The van der Waals surface area contributed by atoms with Crippen molar-refractivity contribution in [1.29, 1.82) is 0 Å². The Balaban J connectivity index is 3.01. The van der Waals surface area contributed by atoms with Gasteiger partial charge in [0.2, 0.25) is 5.91 Å². The number of aryl methyl sites for hydroxylation is 1. The van der Waals surface area contributed by atoms with Crippen molar-refractivity contribution in [2.24, 2.45) is 11.7 Å². The summed E-state index contributed by atoms with van der Waals surface area (Å²) in [5, 5.41) is 3.32. The molecule has 1 atom stereocenters. The third-order valence-electron chi connectivity index (χ3n) is 2.50. The van der Waals surface area contributed by atoms with E-state index in [0.717, 1.165) is 5.56 Å². The zero-order valence-corrected chi connectivity index (χ0v) is 11.0. The van der Waals surface area contributed by atoms with E-state index in [-0.39, 0.29) is 11.8 Å². The van der Waals surface area contributed by atoms with Crippen LogP contribution in [0, 0.1) is 12.8 Å². The van der Waals surface area contributed by atoms with Crippen molar-refractivity contribution in [3.05, 3.63) is 22.7 Å². The molecule has 5 heteroatoms. The van der Waals surface area contributed by atoms with Crippen LogP contribution in [0.4, 0.5) is 5.69 Å². The Morgan fingerprint density at radius 3 is 2.76 bits per heavy atom. The van der Waals surface area contributed by atoms with Gasteiger partial charge in [0.15, 0.2) is 0 Å². The zero-order chi connectivity index (χ0) is 13.0. The van der Waals surface area contributed by atoms with Crippen molar-refractivity contribution in [2.75, 3.05) is 19.0 Å². The van der Waals surface area contributed by atoms with Gasteiger partial charge in [0.1, 0.15) is 5.75 Å². The second-order valence-corrected chi connectivity index (χ2v) is 4.37. The number of carbonyl (C=O) groups is 1. The van der Waals surface area contributed by atoms with Crippen LogP contribution < -0.4 is 15.8 Å². The summed E-state index contributed by atoms with van der Waals surface area (Å²) in [6.07, 6.45) is 0. The number of nitrogens with two attached hydrogens (primary N) is 1. The van der Waals surface area contributed by atoms with Crippen molar-refractivity contribution in [1.82, 2.24) is 0 Å². The maximum absolute atomic E-state index is 11.7. The van der Waals surface area contributed by atoms with E-state index in [0.29, 0.717) is 23.0 Å². The Kier molecular flexibility index (Phi) is 4.78. The van der Waals surface area contributed by atoms with Gasteiger partial charge < -0.3 is 15.8 Å². The van der Waals surface area contributed by atoms with E-state index in [1.165, 1.54) is 0 Å². The third kappa shape index (κ3) is 3.35. The number of ether oxygens (including phenoxy) is 1. The molecule has 0 aliphatic heterocycles. The Morgan fingerprint density at radius 2 is 2.24 bits per heavy atom. The highest BCUT2D eigenvalue weighted by atomic mass is 35.5. The fourth-order valence-corrected chi connectivity index (χ4v) is 1.73. The van der Waals surface area contributed by atoms with Crippen molar-refractivity contribution in [3.63, 3.8) is 0 Å². The minimum atomic E-state index is -0.251. The molecular formula is C12H17ClN2O2. The highest BCUT2D eigenvalue weighted by Crippen LogP contribution is 2.32. The van der Waals surface area contributed by atoms with E-state index in [1.807, 2.05) is 6.92 Å². The summed E-state index contributed by atoms with van der Waals surface area (Å²) >= 11 is 5.94. The first kappa shape index (κ1) is 13.8. The van der Waals surface area contributed by atoms with Crippen molar-refractivity contribution in [3.8, 4) is 5.75 Å². The number of hydrogen-bond acceptors (Lipinski definition) is 3. The van der Waals surface area contributed by atoms with Gasteiger partial charge >= 0.3 is 0 Å². The number of carbonyl (C=O) groups excluding carboxylic acids is 1. The summed E-state index contributed by atoms with van der Waals surface area (Å²) < 4.78 is 5.24. The van der Waals surface area contributed by atoms with Gasteiger partial charge in [-0.25, -0.2) is 0 Å². The number of benzene rings is 1. The summed E-state index contributed by atoms with van der Waals surface area (Å²) in [6.45, 7) is 3.93. The number of methoxy groups -OCH3 is 1. The molecule has 0 radical (unpaired) electrons. The van der Waals surface area contributed by atoms with Gasteiger partial charge in [-0.3, -0.25) is 4.79 Å². The molecule has 1 aromatic carbocycles. The highest BCUT2D eigenvalue weighted by Gasteiger charge is 2.15. The van der Waals surface area contributed by atoms with Gasteiger partial charge in [-0.15, -0.1) is 0 Å². The van der Waals surface area contributed by atoms with Crippen LogP contribution in [0.5, 0.6) is 5.75 Å². The van der Waals surface area contributed by atoms with Gasteiger partial charge in [0.05, 0.1) is 12.8 Å². The number of halogens is 1. The monoisotopic (exact) mass is 256 g/mol. The summed E-state index contributed by atoms with van der Waals surface area (Å²) in [5.41, 5.74) is 6.88. The molecule has 0 heterocycles. The molecule has 0 aliphatic rings. The SMILES string of the molecule is COc1c(C)cc(Cl)cc1NC(=O)C(C)CN. The molecule has 4 nitrogen and oxygen atoms in total. The first-order chi connectivity index (χ1) is 7.99. The standard InChI is InChI=1S/C12H17ClN2O2/c1-7-4-9(13)5-10(11(7)17-3)15-12(16)8(2)6-14/h4-5,8H,6,14H2,1-3H3,(H,15,16). The largest absolute Gasteiger partial charge is 0.494 e. The predicted molar refractivity (Wildman–Crippen MR) is 69.6 cm³/mol. The van der Waals surface area contributed by atoms with E-state index in [2.05, 4.69) is 5.32 Å². The lowest BCUT2D eigenvalue weighted by molar-refractivity contribution is -0.119. The summed E-state index contributed by atoms with van der Waals surface area (Å²) in [4.78, 5) is 11.7. The van der Waals surface area contributed by atoms with Crippen LogP contribution in [0.15, 0.2) is 12.1 Å². The van der Waals surface area contributed by atoms with E-state index < -0.39 is 0 Å². The Hall–Kier alpha value is -1.26.